The number of aliphatic imine (C=N–C) groups is 1. The second-order valence-electron chi connectivity index (χ2n) is 21.6. The van der Waals surface area contributed by atoms with Crippen molar-refractivity contribution in [2.75, 3.05) is 6.61 Å². The van der Waals surface area contributed by atoms with Gasteiger partial charge in [0.2, 0.25) is 5.90 Å². The summed E-state index contributed by atoms with van der Waals surface area (Å²) < 4.78 is 5.32. The number of nitriles is 1. The Bertz CT molecular complexity index is 3170. The summed E-state index contributed by atoms with van der Waals surface area (Å²) in [4.78, 5) is 5.28. The lowest BCUT2D eigenvalue weighted by Gasteiger charge is -2.22. The number of halogens is 1. The van der Waals surface area contributed by atoms with Crippen molar-refractivity contribution in [2.45, 2.75) is 163 Å². The van der Waals surface area contributed by atoms with Crippen LogP contribution >= 0.6 is 12.4 Å². The van der Waals surface area contributed by atoms with Gasteiger partial charge in [-0.25, -0.2) is 0 Å². The lowest BCUT2D eigenvalue weighted by molar-refractivity contribution is 0.325. The first-order valence-corrected chi connectivity index (χ1v) is 27.2. The van der Waals surface area contributed by atoms with Crippen LogP contribution in [0, 0.1) is 148 Å². The van der Waals surface area contributed by atoms with Gasteiger partial charge in [0, 0.05) is 23.2 Å². The number of ether oxygens (including phenoxy) is 1. The minimum Gasteiger partial charge on any atom is -0.478 e. The lowest BCUT2D eigenvalue weighted by atomic mass is 9.89. The molecule has 8 rings (SSSR count). The van der Waals surface area contributed by atoms with Crippen molar-refractivity contribution >= 4 is 24.1 Å². The lowest BCUT2D eigenvalue weighted by Crippen LogP contribution is -2.27. The van der Waals surface area contributed by atoms with Crippen LogP contribution in [0.4, 0.5) is 0 Å². The van der Waals surface area contributed by atoms with E-state index >= 15 is 0 Å². The van der Waals surface area contributed by atoms with Crippen LogP contribution in [-0.2, 0) is 4.74 Å². The van der Waals surface area contributed by atoms with Crippen LogP contribution in [0.5, 0.6) is 0 Å². The first kappa shape index (κ1) is 63.7. The molecule has 7 nitrogen and oxygen atoms in total. The van der Waals surface area contributed by atoms with Gasteiger partial charge in [-0.1, -0.05) is 119 Å². The SMILES string of the molecule is CCOC(=N)c1c(C)c(C)c(C)c(C)c1C.Cc1c(C)c(C)c(C#N)c(C)c1C.Cc1ccc([C@@H](N)[C@@H](N)c2ccc(C)cc2)cc1.Cc1ccc([C@H]2N=C(c3c(C)c(C)c(C)c(C)c3C)N[C@H]2c2ccc(C)cc2)cc1.Cl. The van der Waals surface area contributed by atoms with Crippen LogP contribution in [0.15, 0.2) is 102 Å². The number of nitrogens with two attached hydrogens (primary N) is 2. The Kier molecular flexibility index (Phi) is 22.6. The van der Waals surface area contributed by atoms with Gasteiger partial charge >= 0.3 is 0 Å². The van der Waals surface area contributed by atoms with E-state index in [1.165, 1.54) is 111 Å². The van der Waals surface area contributed by atoms with Crippen molar-refractivity contribution in [3.8, 4) is 6.07 Å². The maximum Gasteiger partial charge on any atom is 0.213 e. The van der Waals surface area contributed by atoms with Crippen molar-refractivity contribution in [2.24, 2.45) is 16.5 Å². The molecule has 7 aromatic rings. The zero-order chi connectivity index (χ0) is 57.3. The molecule has 412 valence electrons. The number of hydrogen-bond donors (Lipinski definition) is 4. The molecule has 0 amide bonds. The van der Waals surface area contributed by atoms with E-state index in [0.29, 0.717) is 12.5 Å². The van der Waals surface area contributed by atoms with Crippen molar-refractivity contribution in [3.05, 3.63) is 242 Å². The zero-order valence-corrected chi connectivity index (χ0v) is 51.4. The number of amidine groups is 1. The molecule has 0 aromatic heterocycles. The van der Waals surface area contributed by atoms with Crippen molar-refractivity contribution in [1.82, 2.24) is 5.32 Å². The summed E-state index contributed by atoms with van der Waals surface area (Å²) in [7, 11) is 0. The number of benzene rings is 7. The summed E-state index contributed by atoms with van der Waals surface area (Å²) in [6.07, 6.45) is 0. The van der Waals surface area contributed by atoms with Crippen LogP contribution in [0.1, 0.15) is 176 Å². The van der Waals surface area contributed by atoms with Crippen LogP contribution in [0.2, 0.25) is 0 Å². The Morgan fingerprint density at radius 3 is 1.14 bits per heavy atom. The number of nitrogens with one attached hydrogen (secondary N) is 2. The van der Waals surface area contributed by atoms with E-state index in [1.807, 2.05) is 45.0 Å². The predicted octanol–water partition coefficient (Wildman–Crippen LogP) is 16.8. The molecule has 0 aliphatic carbocycles. The third-order valence-electron chi connectivity index (χ3n) is 16.9. The van der Waals surface area contributed by atoms with Gasteiger partial charge in [-0.2, -0.15) is 5.26 Å². The van der Waals surface area contributed by atoms with Gasteiger partial charge in [0.25, 0.3) is 0 Å². The van der Waals surface area contributed by atoms with E-state index in [4.69, 9.17) is 31.9 Å². The molecule has 4 atom stereocenters. The standard InChI is InChI=1S/C28H32N2.C16H20N2.C14H21NO.C12H15N.ClH/c1-16-8-12-23(13-9-16)26-27(24-14-10-17(2)11-15-24)30-28(29-26)25-21(6)19(4)18(3)20(5)22(25)7;1-11-3-7-13(8-4-11)15(17)16(18)14-9-5-12(2)6-10-14;1-7-16-14(15)13-11(5)9(3)8(2)10(4)12(13)6;1-7-8(2)10(4)12(6-13)11(5)9(7)3;/h8-15,26-27H,1-7H3,(H,29,30);3-10,15-16H,17-18H2,1-2H3;15H,7H2,1-6H3;1-5H3;1H/t26-,27+;15-,16+;;;. The van der Waals surface area contributed by atoms with Crippen molar-refractivity contribution in [1.29, 1.82) is 10.7 Å². The molecule has 0 fully saturated rings. The molecule has 0 saturated carbocycles. The second kappa shape index (κ2) is 27.7. The summed E-state index contributed by atoms with van der Waals surface area (Å²) in [6, 6.07) is 36.3. The average molecular weight is 1070 g/mol. The Morgan fingerprint density at radius 2 is 0.795 bits per heavy atom. The van der Waals surface area contributed by atoms with Crippen LogP contribution in [0.3, 0.4) is 0 Å². The molecule has 0 unspecified atom stereocenters. The fourth-order valence-electron chi connectivity index (χ4n) is 10.3. The molecule has 0 radical (unpaired) electrons. The second-order valence-corrected chi connectivity index (χ2v) is 21.6. The molecule has 1 aliphatic rings. The van der Waals surface area contributed by atoms with E-state index in [9.17, 15) is 0 Å². The molecule has 78 heavy (non-hydrogen) atoms. The van der Waals surface area contributed by atoms with E-state index in [-0.39, 0.29) is 36.6 Å². The molecule has 8 heteroatoms. The molecule has 1 heterocycles. The fourth-order valence-corrected chi connectivity index (χ4v) is 10.3. The Hall–Kier alpha value is -6.82. The average Bonchev–Trinajstić information content (AvgIpc) is 4.00. The summed E-state index contributed by atoms with van der Waals surface area (Å²) in [5.74, 6) is 1.32. The Morgan fingerprint density at radius 1 is 0.487 bits per heavy atom. The number of hydrogen-bond acceptors (Lipinski definition) is 7. The third kappa shape index (κ3) is 14.3. The fraction of sp³-hybridized carbons (Fsp3) is 0.357. The van der Waals surface area contributed by atoms with Gasteiger partial charge in [-0.05, 0) is 244 Å². The molecule has 0 saturated heterocycles. The molecular formula is C70H89ClN6O. The Labute approximate surface area is 475 Å². The molecule has 0 spiro atoms. The highest BCUT2D eigenvalue weighted by molar-refractivity contribution is 6.03. The van der Waals surface area contributed by atoms with Crippen molar-refractivity contribution in [3.63, 3.8) is 0 Å². The summed E-state index contributed by atoms with van der Waals surface area (Å²) in [5, 5.41) is 20.8. The van der Waals surface area contributed by atoms with Crippen LogP contribution in [-0.4, -0.2) is 18.3 Å². The van der Waals surface area contributed by atoms with Gasteiger partial charge in [0.05, 0.1) is 24.3 Å². The van der Waals surface area contributed by atoms with Gasteiger partial charge in [-0.3, -0.25) is 10.4 Å². The van der Waals surface area contributed by atoms with E-state index in [1.54, 1.807) is 0 Å². The smallest absolute Gasteiger partial charge is 0.213 e. The quantitative estimate of drug-likeness (QED) is 0.0889. The summed E-state index contributed by atoms with van der Waals surface area (Å²) in [6.45, 7) is 42.8. The van der Waals surface area contributed by atoms with E-state index < -0.39 is 0 Å². The minimum atomic E-state index is -0.173. The molecule has 1 aliphatic heterocycles. The topological polar surface area (TPSA) is 133 Å². The van der Waals surface area contributed by atoms with Crippen LogP contribution < -0.4 is 16.8 Å². The summed E-state index contributed by atoms with van der Waals surface area (Å²) in [5.41, 5.74) is 44.3. The predicted molar refractivity (Wildman–Crippen MR) is 335 cm³/mol. The monoisotopic (exact) mass is 1060 g/mol. The first-order valence-electron chi connectivity index (χ1n) is 27.2. The van der Waals surface area contributed by atoms with Gasteiger partial charge < -0.3 is 21.5 Å². The zero-order valence-electron chi connectivity index (χ0n) is 50.6. The molecule has 7 aromatic carbocycles. The number of aryl methyl sites for hydroxylation is 4. The highest BCUT2D eigenvalue weighted by Crippen LogP contribution is 2.39. The minimum absolute atomic E-state index is 0. The highest BCUT2D eigenvalue weighted by atomic mass is 35.5. The van der Waals surface area contributed by atoms with Crippen LogP contribution in [0.25, 0.3) is 0 Å². The maximum absolute atomic E-state index is 8.99. The molecule has 0 bridgehead atoms. The number of nitrogens with zero attached hydrogens (tertiary/aromatic N) is 2. The third-order valence-corrected chi connectivity index (χ3v) is 16.9. The maximum atomic E-state index is 8.99. The first-order chi connectivity index (χ1) is 36.3. The number of rotatable bonds is 8. The molecule has 6 N–H and O–H groups in total. The van der Waals surface area contributed by atoms with E-state index in [2.05, 4.69) is 202 Å². The largest absolute Gasteiger partial charge is 0.478 e. The van der Waals surface area contributed by atoms with E-state index in [0.717, 1.165) is 39.2 Å². The van der Waals surface area contributed by atoms with Crippen molar-refractivity contribution < 1.29 is 4.74 Å². The summed E-state index contributed by atoms with van der Waals surface area (Å²) >= 11 is 0. The normalized spacial score (nSPS) is 14.1. The van der Waals surface area contributed by atoms with Gasteiger partial charge in [0.1, 0.15) is 11.9 Å². The van der Waals surface area contributed by atoms with Gasteiger partial charge in [-0.15, -0.1) is 12.4 Å². The van der Waals surface area contributed by atoms with Gasteiger partial charge in [0.15, 0.2) is 0 Å². The highest BCUT2D eigenvalue weighted by Gasteiger charge is 2.33. The molecular weight excluding hydrogens is 976 g/mol. The Balaban J connectivity index is 0.000000237.